The highest BCUT2D eigenvalue weighted by Gasteiger charge is 1.98. The summed E-state index contributed by atoms with van der Waals surface area (Å²) in [6, 6.07) is 6.05. The van der Waals surface area contributed by atoms with Gasteiger partial charge in [-0.15, -0.1) is 0 Å². The van der Waals surface area contributed by atoms with Gasteiger partial charge in [0.25, 0.3) is 0 Å². The Labute approximate surface area is 85.7 Å². The molecule has 0 atom stereocenters. The van der Waals surface area contributed by atoms with E-state index in [1.165, 1.54) is 5.69 Å². The minimum Gasteiger partial charge on any atom is -0.307 e. The first-order valence-corrected chi connectivity index (χ1v) is 5.51. The van der Waals surface area contributed by atoms with E-state index in [1.807, 2.05) is 24.4 Å². The fourth-order valence-corrected chi connectivity index (χ4v) is 1.64. The smallest absolute Gasteiger partial charge is 0.136 e. The molecule has 13 heavy (non-hydrogen) atoms. The molecule has 0 spiro atoms. The molecule has 0 saturated heterocycles. The summed E-state index contributed by atoms with van der Waals surface area (Å²) in [5.41, 5.74) is 2.21. The Balaban J connectivity index is 2.28. The van der Waals surface area contributed by atoms with Gasteiger partial charge in [0.05, 0.1) is 5.69 Å². The van der Waals surface area contributed by atoms with Crippen molar-refractivity contribution in [2.75, 3.05) is 5.33 Å². The topological polar surface area (TPSA) is 17.3 Å². The van der Waals surface area contributed by atoms with E-state index in [-0.39, 0.29) is 0 Å². The molecule has 68 valence electrons. The maximum absolute atomic E-state index is 4.49. The zero-order valence-corrected chi connectivity index (χ0v) is 8.87. The van der Waals surface area contributed by atoms with Crippen LogP contribution in [0.15, 0.2) is 30.6 Å². The Bertz CT molecular complexity index is 361. The number of hydrogen-bond acceptors (Lipinski definition) is 1. The Morgan fingerprint density at radius 1 is 1.38 bits per heavy atom. The van der Waals surface area contributed by atoms with Crippen LogP contribution in [0.5, 0.6) is 0 Å². The molecule has 0 fully saturated rings. The second-order valence-electron chi connectivity index (χ2n) is 2.99. The molecule has 0 aliphatic carbocycles. The second-order valence-corrected chi connectivity index (χ2v) is 3.78. The highest BCUT2D eigenvalue weighted by Crippen LogP contribution is 2.06. The lowest BCUT2D eigenvalue weighted by molar-refractivity contribution is 0.909. The first kappa shape index (κ1) is 8.75. The fraction of sp³-hybridized carbons (Fsp3) is 0.300. The maximum Gasteiger partial charge on any atom is 0.136 e. The third kappa shape index (κ3) is 1.91. The summed E-state index contributed by atoms with van der Waals surface area (Å²) in [4.78, 5) is 4.49. The van der Waals surface area contributed by atoms with Crippen LogP contribution >= 0.6 is 15.9 Å². The van der Waals surface area contributed by atoms with Crippen LogP contribution in [0.3, 0.4) is 0 Å². The number of aryl methyl sites for hydroxylation is 1. The Hall–Kier alpha value is -0.830. The average molecular weight is 239 g/mol. The molecule has 0 amide bonds. The van der Waals surface area contributed by atoms with Gasteiger partial charge >= 0.3 is 0 Å². The van der Waals surface area contributed by atoms with Crippen LogP contribution in [-0.4, -0.2) is 14.7 Å². The first-order chi connectivity index (χ1) is 6.40. The van der Waals surface area contributed by atoms with Gasteiger partial charge in [0.15, 0.2) is 0 Å². The summed E-state index contributed by atoms with van der Waals surface area (Å²) in [5.74, 6) is 0. The third-order valence-electron chi connectivity index (χ3n) is 1.98. The molecule has 2 aromatic rings. The van der Waals surface area contributed by atoms with Gasteiger partial charge in [0.1, 0.15) is 5.65 Å². The molecule has 0 radical (unpaired) electrons. The fourth-order valence-electron chi connectivity index (χ4n) is 1.36. The van der Waals surface area contributed by atoms with Crippen molar-refractivity contribution in [3.8, 4) is 0 Å². The van der Waals surface area contributed by atoms with Crippen molar-refractivity contribution >= 4 is 21.6 Å². The van der Waals surface area contributed by atoms with Crippen LogP contribution in [0.1, 0.15) is 12.1 Å². The normalized spacial score (nSPS) is 10.8. The standard InChI is InChI=1S/C10H11BrN2/c11-6-3-4-9-8-13-7-2-1-5-10(13)12-9/h1-2,5,7-8H,3-4,6H2. The zero-order chi connectivity index (χ0) is 9.10. The van der Waals surface area contributed by atoms with Gasteiger partial charge in [-0.2, -0.15) is 0 Å². The van der Waals surface area contributed by atoms with Crippen LogP contribution in [-0.2, 0) is 6.42 Å². The number of fused-ring (bicyclic) bond motifs is 1. The minimum atomic E-state index is 1.03. The van der Waals surface area contributed by atoms with Crippen molar-refractivity contribution in [2.45, 2.75) is 12.8 Å². The molecule has 3 heteroatoms. The quantitative estimate of drug-likeness (QED) is 0.752. The number of aromatic nitrogens is 2. The summed E-state index contributed by atoms with van der Waals surface area (Å²) < 4.78 is 2.06. The number of rotatable bonds is 3. The van der Waals surface area contributed by atoms with Crippen molar-refractivity contribution in [2.24, 2.45) is 0 Å². The molecule has 2 aromatic heterocycles. The van der Waals surface area contributed by atoms with Gasteiger partial charge in [-0.05, 0) is 25.0 Å². The molecule has 2 heterocycles. The predicted octanol–water partition coefficient (Wildman–Crippen LogP) is 2.66. The highest BCUT2D eigenvalue weighted by atomic mass is 79.9. The van der Waals surface area contributed by atoms with E-state index in [1.54, 1.807) is 0 Å². The Morgan fingerprint density at radius 2 is 2.31 bits per heavy atom. The van der Waals surface area contributed by atoms with Gasteiger partial charge in [0.2, 0.25) is 0 Å². The number of hydrogen-bond donors (Lipinski definition) is 0. The minimum absolute atomic E-state index is 1.03. The Kier molecular flexibility index (Phi) is 2.64. The molecule has 0 aromatic carbocycles. The molecule has 2 rings (SSSR count). The van der Waals surface area contributed by atoms with E-state index in [9.17, 15) is 0 Å². The lowest BCUT2D eigenvalue weighted by Crippen LogP contribution is -1.84. The van der Waals surface area contributed by atoms with Gasteiger partial charge in [0, 0.05) is 17.7 Å². The molecule has 0 bridgehead atoms. The largest absolute Gasteiger partial charge is 0.307 e. The average Bonchev–Trinajstić information content (AvgIpc) is 2.57. The van der Waals surface area contributed by atoms with Gasteiger partial charge in [-0.25, -0.2) is 4.98 Å². The van der Waals surface area contributed by atoms with Crippen molar-refractivity contribution in [1.82, 2.24) is 9.38 Å². The van der Waals surface area contributed by atoms with Gasteiger partial charge in [-0.1, -0.05) is 22.0 Å². The van der Waals surface area contributed by atoms with Crippen molar-refractivity contribution in [3.63, 3.8) is 0 Å². The van der Waals surface area contributed by atoms with Gasteiger partial charge < -0.3 is 4.40 Å². The molecule has 0 unspecified atom stereocenters. The first-order valence-electron chi connectivity index (χ1n) is 4.39. The number of halogens is 1. The van der Waals surface area contributed by atoms with E-state index < -0.39 is 0 Å². The number of alkyl halides is 1. The lowest BCUT2D eigenvalue weighted by Gasteiger charge is -1.88. The van der Waals surface area contributed by atoms with Crippen LogP contribution in [0.2, 0.25) is 0 Å². The van der Waals surface area contributed by atoms with E-state index in [0.717, 1.165) is 23.8 Å². The monoisotopic (exact) mass is 238 g/mol. The molecule has 0 saturated carbocycles. The van der Waals surface area contributed by atoms with E-state index >= 15 is 0 Å². The molecule has 0 aliphatic rings. The van der Waals surface area contributed by atoms with Gasteiger partial charge in [-0.3, -0.25) is 0 Å². The molecule has 0 aliphatic heterocycles. The van der Waals surface area contributed by atoms with Crippen LogP contribution in [0.4, 0.5) is 0 Å². The lowest BCUT2D eigenvalue weighted by atomic mass is 10.3. The SMILES string of the molecule is BrCCCc1cn2ccccc2n1. The molecule has 0 N–H and O–H groups in total. The van der Waals surface area contributed by atoms with Crippen molar-refractivity contribution < 1.29 is 0 Å². The number of pyridine rings is 1. The number of imidazole rings is 1. The second kappa shape index (κ2) is 3.92. The van der Waals surface area contributed by atoms with E-state index in [0.29, 0.717) is 0 Å². The summed E-state index contributed by atoms with van der Waals surface area (Å²) in [6.45, 7) is 0. The third-order valence-corrected chi connectivity index (χ3v) is 2.54. The van der Waals surface area contributed by atoms with Crippen LogP contribution < -0.4 is 0 Å². The summed E-state index contributed by atoms with van der Waals surface area (Å²) >= 11 is 3.42. The molecular formula is C10H11BrN2. The van der Waals surface area contributed by atoms with E-state index in [4.69, 9.17) is 0 Å². The van der Waals surface area contributed by atoms with Crippen LogP contribution in [0, 0.1) is 0 Å². The Morgan fingerprint density at radius 3 is 3.08 bits per heavy atom. The molecular weight excluding hydrogens is 228 g/mol. The van der Waals surface area contributed by atoms with Crippen LogP contribution in [0.25, 0.3) is 5.65 Å². The molecule has 2 nitrogen and oxygen atoms in total. The number of nitrogens with zero attached hydrogens (tertiary/aromatic N) is 2. The zero-order valence-electron chi connectivity index (χ0n) is 7.28. The van der Waals surface area contributed by atoms with Crippen molar-refractivity contribution in [3.05, 3.63) is 36.3 Å². The summed E-state index contributed by atoms with van der Waals surface area (Å²) in [7, 11) is 0. The summed E-state index contributed by atoms with van der Waals surface area (Å²) in [5, 5.41) is 1.04. The highest BCUT2D eigenvalue weighted by molar-refractivity contribution is 9.09. The van der Waals surface area contributed by atoms with Crippen molar-refractivity contribution in [1.29, 1.82) is 0 Å². The predicted molar refractivity (Wildman–Crippen MR) is 57.3 cm³/mol. The summed E-state index contributed by atoms with van der Waals surface area (Å²) in [6.07, 6.45) is 6.31. The maximum atomic E-state index is 4.49. The van der Waals surface area contributed by atoms with E-state index in [2.05, 4.69) is 31.5 Å².